The lowest BCUT2D eigenvalue weighted by Crippen LogP contribution is -2.32. The summed E-state index contributed by atoms with van der Waals surface area (Å²) in [5.74, 6) is -0.244. The van der Waals surface area contributed by atoms with Gasteiger partial charge in [-0.25, -0.2) is 9.58 Å². The van der Waals surface area contributed by atoms with E-state index in [0.29, 0.717) is 18.8 Å². The highest BCUT2D eigenvalue weighted by Crippen LogP contribution is 2.41. The Morgan fingerprint density at radius 2 is 1.55 bits per heavy atom. The number of hydrogen-bond donors (Lipinski definition) is 1. The highest BCUT2D eigenvalue weighted by Gasteiger charge is 2.49. The predicted octanol–water partition coefficient (Wildman–Crippen LogP) is 4.19. The first kappa shape index (κ1) is 19.9. The van der Waals surface area contributed by atoms with Gasteiger partial charge in [0.05, 0.1) is 23.9 Å². The van der Waals surface area contributed by atoms with Gasteiger partial charge in [0.15, 0.2) is 0 Å². The molecule has 3 aromatic rings. The van der Waals surface area contributed by atoms with Gasteiger partial charge in [0.2, 0.25) is 17.8 Å². The number of carbonyl (C=O) groups is 2. The molecule has 0 spiro atoms. The van der Waals surface area contributed by atoms with E-state index in [1.807, 2.05) is 35.0 Å². The summed E-state index contributed by atoms with van der Waals surface area (Å²) in [5.41, 5.74) is 3.48. The number of nitrogens with one attached hydrogen (secondary N) is 1. The standard InChI is InChI=1S/C26H25N5O2/c1-16-11-13-18(14-12-16)22-15-21(17-7-3-2-4-8-17)27-25-28-26(29-31(22)25)30-23(32)19-9-5-6-10-20(19)24(30)33/h2-8,11-14,19-22H,9-10,15H2,1H3,(H,27,28,29). The van der Waals surface area contributed by atoms with Crippen LogP contribution in [0.1, 0.15) is 48.0 Å². The minimum atomic E-state index is -0.305. The Balaban J connectivity index is 1.41. The van der Waals surface area contributed by atoms with Crippen LogP contribution in [-0.2, 0) is 9.59 Å². The summed E-state index contributed by atoms with van der Waals surface area (Å²) in [6, 6.07) is 18.7. The lowest BCUT2D eigenvalue weighted by molar-refractivity contribution is -0.122. The molecule has 0 saturated carbocycles. The molecule has 4 atom stereocenters. The van der Waals surface area contributed by atoms with Crippen molar-refractivity contribution >= 4 is 23.7 Å². The number of rotatable bonds is 3. The van der Waals surface area contributed by atoms with E-state index in [4.69, 9.17) is 5.10 Å². The summed E-state index contributed by atoms with van der Waals surface area (Å²) in [4.78, 5) is 32.1. The molecular weight excluding hydrogens is 414 g/mol. The first-order chi connectivity index (χ1) is 16.1. The van der Waals surface area contributed by atoms with Gasteiger partial charge in [-0.15, -0.1) is 5.10 Å². The topological polar surface area (TPSA) is 80.1 Å². The van der Waals surface area contributed by atoms with E-state index in [2.05, 4.69) is 53.6 Å². The molecule has 0 bridgehead atoms. The molecule has 2 amide bonds. The van der Waals surface area contributed by atoms with E-state index in [0.717, 1.165) is 17.5 Å². The zero-order valence-electron chi connectivity index (χ0n) is 18.4. The SMILES string of the molecule is Cc1ccc(C2CC(c3ccccc3)Nc3nc(N4C(=O)C5CC=CCC5C4=O)nn32)cc1. The number of anilines is 2. The lowest BCUT2D eigenvalue weighted by atomic mass is 9.85. The van der Waals surface area contributed by atoms with Crippen molar-refractivity contribution in [3.8, 4) is 0 Å². The van der Waals surface area contributed by atoms with Crippen molar-refractivity contribution in [3.63, 3.8) is 0 Å². The van der Waals surface area contributed by atoms with Gasteiger partial charge in [0, 0.05) is 0 Å². The highest BCUT2D eigenvalue weighted by molar-refractivity contribution is 6.21. The van der Waals surface area contributed by atoms with Gasteiger partial charge in [-0.3, -0.25) is 9.59 Å². The normalized spacial score (nSPS) is 26.2. The second-order valence-corrected chi connectivity index (χ2v) is 9.12. The molecule has 1 fully saturated rings. The van der Waals surface area contributed by atoms with Gasteiger partial charge < -0.3 is 5.32 Å². The fraction of sp³-hybridized carbons (Fsp3) is 0.308. The summed E-state index contributed by atoms with van der Waals surface area (Å²) in [6.07, 6.45) is 5.95. The fourth-order valence-electron chi connectivity index (χ4n) is 5.23. The number of allylic oxidation sites excluding steroid dienone is 2. The monoisotopic (exact) mass is 439 g/mol. The molecule has 3 aliphatic rings. The molecule has 1 N–H and O–H groups in total. The molecule has 1 saturated heterocycles. The number of carbonyl (C=O) groups excluding carboxylic acids is 2. The molecular formula is C26H25N5O2. The molecule has 3 heterocycles. The van der Waals surface area contributed by atoms with E-state index in [-0.39, 0.29) is 41.7 Å². The van der Waals surface area contributed by atoms with Crippen molar-refractivity contribution in [1.82, 2.24) is 14.8 Å². The maximum Gasteiger partial charge on any atom is 0.260 e. The van der Waals surface area contributed by atoms with Crippen LogP contribution in [0.3, 0.4) is 0 Å². The van der Waals surface area contributed by atoms with Crippen LogP contribution in [0.4, 0.5) is 11.9 Å². The Kier molecular flexibility index (Phi) is 4.64. The van der Waals surface area contributed by atoms with Gasteiger partial charge >= 0.3 is 0 Å². The van der Waals surface area contributed by atoms with Gasteiger partial charge in [-0.2, -0.15) is 4.98 Å². The molecule has 2 aliphatic heterocycles. The van der Waals surface area contributed by atoms with E-state index in [1.54, 1.807) is 0 Å². The van der Waals surface area contributed by atoms with Crippen molar-refractivity contribution in [2.24, 2.45) is 11.8 Å². The van der Waals surface area contributed by atoms with Crippen LogP contribution in [-0.4, -0.2) is 26.6 Å². The minimum absolute atomic E-state index is 0.0406. The summed E-state index contributed by atoms with van der Waals surface area (Å²) in [5, 5.41) is 8.20. The number of benzene rings is 2. The maximum atomic E-state index is 13.1. The van der Waals surface area contributed by atoms with Gasteiger partial charge in [0.1, 0.15) is 0 Å². The summed E-state index contributed by atoms with van der Waals surface area (Å²) in [7, 11) is 0. The molecule has 33 heavy (non-hydrogen) atoms. The number of imide groups is 1. The third kappa shape index (κ3) is 3.26. The molecule has 4 unspecified atom stereocenters. The Morgan fingerprint density at radius 1 is 0.879 bits per heavy atom. The highest BCUT2D eigenvalue weighted by atomic mass is 16.2. The van der Waals surface area contributed by atoms with Crippen molar-refractivity contribution in [2.75, 3.05) is 10.2 Å². The number of nitrogens with zero attached hydrogens (tertiary/aromatic N) is 4. The molecule has 0 radical (unpaired) electrons. The van der Waals surface area contributed by atoms with Crippen molar-refractivity contribution in [1.29, 1.82) is 0 Å². The fourth-order valence-corrected chi connectivity index (χ4v) is 5.23. The molecule has 166 valence electrons. The second-order valence-electron chi connectivity index (χ2n) is 9.12. The molecule has 7 nitrogen and oxygen atoms in total. The molecule has 1 aliphatic carbocycles. The average molecular weight is 440 g/mol. The van der Waals surface area contributed by atoms with E-state index < -0.39 is 0 Å². The lowest BCUT2D eigenvalue weighted by Gasteiger charge is -2.31. The number of amides is 2. The maximum absolute atomic E-state index is 13.1. The van der Waals surface area contributed by atoms with Crippen molar-refractivity contribution in [2.45, 2.75) is 38.3 Å². The van der Waals surface area contributed by atoms with Crippen LogP contribution >= 0.6 is 0 Å². The number of fused-ring (bicyclic) bond motifs is 2. The number of hydrogen-bond acceptors (Lipinski definition) is 5. The van der Waals surface area contributed by atoms with Gasteiger partial charge in [0.25, 0.3) is 5.95 Å². The summed E-state index contributed by atoms with van der Waals surface area (Å²) < 4.78 is 1.83. The molecule has 2 aromatic carbocycles. The van der Waals surface area contributed by atoms with Crippen LogP contribution in [0.15, 0.2) is 66.7 Å². The minimum Gasteiger partial charge on any atom is -0.347 e. The molecule has 1 aromatic heterocycles. The zero-order valence-corrected chi connectivity index (χ0v) is 18.4. The predicted molar refractivity (Wildman–Crippen MR) is 125 cm³/mol. The van der Waals surface area contributed by atoms with Crippen molar-refractivity contribution < 1.29 is 9.59 Å². The van der Waals surface area contributed by atoms with Crippen LogP contribution < -0.4 is 10.2 Å². The van der Waals surface area contributed by atoms with Gasteiger partial charge in [-0.1, -0.05) is 72.3 Å². The Morgan fingerprint density at radius 3 is 2.21 bits per heavy atom. The van der Waals surface area contributed by atoms with Crippen LogP contribution in [0.25, 0.3) is 0 Å². The first-order valence-corrected chi connectivity index (χ1v) is 11.5. The third-order valence-corrected chi connectivity index (χ3v) is 7.05. The Labute approximate surface area is 192 Å². The van der Waals surface area contributed by atoms with E-state index in [9.17, 15) is 9.59 Å². The third-order valence-electron chi connectivity index (χ3n) is 7.05. The molecule has 7 heteroatoms. The van der Waals surface area contributed by atoms with E-state index >= 15 is 0 Å². The number of aryl methyl sites for hydroxylation is 1. The van der Waals surface area contributed by atoms with Crippen LogP contribution in [0, 0.1) is 18.8 Å². The molecule has 6 rings (SSSR count). The zero-order chi connectivity index (χ0) is 22.5. The van der Waals surface area contributed by atoms with Crippen LogP contribution in [0.2, 0.25) is 0 Å². The Hall–Kier alpha value is -3.74. The average Bonchev–Trinajstić information content (AvgIpc) is 3.38. The second kappa shape index (κ2) is 7.69. The van der Waals surface area contributed by atoms with E-state index in [1.165, 1.54) is 10.5 Å². The quantitative estimate of drug-likeness (QED) is 0.489. The van der Waals surface area contributed by atoms with Crippen molar-refractivity contribution in [3.05, 3.63) is 83.4 Å². The van der Waals surface area contributed by atoms with Crippen LogP contribution in [0.5, 0.6) is 0 Å². The summed E-state index contributed by atoms with van der Waals surface area (Å²) >= 11 is 0. The number of aromatic nitrogens is 3. The summed E-state index contributed by atoms with van der Waals surface area (Å²) in [6.45, 7) is 2.07. The largest absolute Gasteiger partial charge is 0.347 e. The smallest absolute Gasteiger partial charge is 0.260 e. The first-order valence-electron chi connectivity index (χ1n) is 11.5. The Bertz CT molecular complexity index is 1220. The van der Waals surface area contributed by atoms with Gasteiger partial charge in [-0.05, 0) is 37.3 Å².